The van der Waals surface area contributed by atoms with Gasteiger partial charge < -0.3 is 9.31 Å². The van der Waals surface area contributed by atoms with Crippen LogP contribution < -0.4 is 5.46 Å². The van der Waals surface area contributed by atoms with Crippen molar-refractivity contribution in [2.24, 2.45) is 0 Å². The molecule has 0 atom stereocenters. The first-order chi connectivity index (χ1) is 12.4. The third-order valence-corrected chi connectivity index (χ3v) is 4.61. The van der Waals surface area contributed by atoms with E-state index in [1.54, 1.807) is 0 Å². The predicted molar refractivity (Wildman–Crippen MR) is 110 cm³/mol. The lowest BCUT2D eigenvalue weighted by Gasteiger charge is -2.15. The summed E-state index contributed by atoms with van der Waals surface area (Å²) in [4.78, 5) is 0. The SMILES string of the molecule is CCCCCCCCOB(OCCCCCCCC)c1ccccc1. The molecule has 0 N–H and O–H groups in total. The summed E-state index contributed by atoms with van der Waals surface area (Å²) in [5, 5.41) is 0. The van der Waals surface area contributed by atoms with Crippen molar-refractivity contribution in [2.75, 3.05) is 13.2 Å². The van der Waals surface area contributed by atoms with Gasteiger partial charge in [0, 0.05) is 13.2 Å². The van der Waals surface area contributed by atoms with Crippen molar-refractivity contribution in [1.29, 1.82) is 0 Å². The van der Waals surface area contributed by atoms with E-state index in [2.05, 4.69) is 38.1 Å². The molecule has 0 aliphatic carbocycles. The molecule has 1 aromatic rings. The number of unbranched alkanes of at least 4 members (excludes halogenated alkanes) is 10. The first kappa shape index (κ1) is 22.2. The van der Waals surface area contributed by atoms with E-state index < -0.39 is 0 Å². The minimum atomic E-state index is -0.201. The molecule has 0 heterocycles. The fraction of sp³-hybridized carbons (Fsp3) is 0.727. The zero-order valence-corrected chi connectivity index (χ0v) is 16.7. The second-order valence-electron chi connectivity index (χ2n) is 7.02. The van der Waals surface area contributed by atoms with Gasteiger partial charge in [-0.3, -0.25) is 0 Å². The van der Waals surface area contributed by atoms with Gasteiger partial charge in [-0.25, -0.2) is 0 Å². The van der Waals surface area contributed by atoms with Crippen LogP contribution in [0.15, 0.2) is 30.3 Å². The minimum absolute atomic E-state index is 0.201. The van der Waals surface area contributed by atoms with Crippen molar-refractivity contribution in [3.63, 3.8) is 0 Å². The Bertz CT molecular complexity index is 365. The van der Waals surface area contributed by atoms with Crippen LogP contribution >= 0.6 is 0 Å². The maximum atomic E-state index is 6.06. The molecule has 25 heavy (non-hydrogen) atoms. The molecule has 0 amide bonds. The van der Waals surface area contributed by atoms with Crippen molar-refractivity contribution in [3.05, 3.63) is 30.3 Å². The molecule has 0 saturated heterocycles. The third-order valence-electron chi connectivity index (χ3n) is 4.61. The van der Waals surface area contributed by atoms with E-state index in [0.717, 1.165) is 31.5 Å². The highest BCUT2D eigenvalue weighted by Crippen LogP contribution is 2.07. The number of rotatable bonds is 17. The first-order valence-corrected chi connectivity index (χ1v) is 10.7. The molecule has 1 rings (SSSR count). The Kier molecular flexibility index (Phi) is 14.8. The fourth-order valence-corrected chi connectivity index (χ4v) is 3.00. The molecule has 0 fully saturated rings. The van der Waals surface area contributed by atoms with Crippen LogP contribution in [0.25, 0.3) is 0 Å². The Morgan fingerprint density at radius 2 is 1.04 bits per heavy atom. The van der Waals surface area contributed by atoms with Gasteiger partial charge in [-0.15, -0.1) is 0 Å². The topological polar surface area (TPSA) is 18.5 Å². The Morgan fingerprint density at radius 3 is 1.52 bits per heavy atom. The maximum Gasteiger partial charge on any atom is 0.493 e. The Morgan fingerprint density at radius 1 is 0.600 bits per heavy atom. The summed E-state index contributed by atoms with van der Waals surface area (Å²) in [6.45, 7) is 6.10. The quantitative estimate of drug-likeness (QED) is 0.249. The van der Waals surface area contributed by atoms with Crippen LogP contribution in [0.1, 0.15) is 90.9 Å². The molecule has 1 aromatic carbocycles. The molecule has 0 aliphatic heterocycles. The van der Waals surface area contributed by atoms with E-state index in [1.807, 2.05) is 6.07 Å². The van der Waals surface area contributed by atoms with Gasteiger partial charge in [-0.1, -0.05) is 108 Å². The lowest BCUT2D eigenvalue weighted by Crippen LogP contribution is -2.37. The summed E-state index contributed by atoms with van der Waals surface area (Å²) in [5.41, 5.74) is 1.14. The number of benzene rings is 1. The normalized spacial score (nSPS) is 11.0. The summed E-state index contributed by atoms with van der Waals surface area (Å²) in [6, 6.07) is 10.4. The van der Waals surface area contributed by atoms with Crippen molar-refractivity contribution < 1.29 is 9.31 Å². The van der Waals surface area contributed by atoms with Gasteiger partial charge in [0.2, 0.25) is 0 Å². The molecule has 0 unspecified atom stereocenters. The monoisotopic (exact) mass is 346 g/mol. The van der Waals surface area contributed by atoms with Gasteiger partial charge >= 0.3 is 7.12 Å². The second kappa shape index (κ2) is 16.7. The van der Waals surface area contributed by atoms with E-state index >= 15 is 0 Å². The first-order valence-electron chi connectivity index (χ1n) is 10.7. The second-order valence-corrected chi connectivity index (χ2v) is 7.02. The van der Waals surface area contributed by atoms with Gasteiger partial charge in [0.1, 0.15) is 0 Å². The van der Waals surface area contributed by atoms with Gasteiger partial charge in [-0.2, -0.15) is 0 Å². The van der Waals surface area contributed by atoms with Crippen LogP contribution in [-0.4, -0.2) is 20.3 Å². The van der Waals surface area contributed by atoms with Crippen LogP contribution in [0.2, 0.25) is 0 Å². The summed E-state index contributed by atoms with van der Waals surface area (Å²) in [6.07, 6.45) is 15.5. The summed E-state index contributed by atoms with van der Waals surface area (Å²) in [5.74, 6) is 0. The number of hydrogen-bond donors (Lipinski definition) is 0. The van der Waals surface area contributed by atoms with Gasteiger partial charge in [0.25, 0.3) is 0 Å². The lowest BCUT2D eigenvalue weighted by atomic mass is 9.79. The standard InChI is InChI=1S/C22H39BO2/c1-3-5-7-9-11-16-20-24-23(22-18-14-13-15-19-22)25-21-17-12-10-8-6-4-2/h13-15,18-19H,3-12,16-17,20-21H2,1-2H3. The predicted octanol–water partition coefficient (Wildman–Crippen LogP) is 6.14. The van der Waals surface area contributed by atoms with Crippen LogP contribution in [0.5, 0.6) is 0 Å². The largest absolute Gasteiger partial charge is 0.493 e. The van der Waals surface area contributed by atoms with Crippen LogP contribution in [0.3, 0.4) is 0 Å². The van der Waals surface area contributed by atoms with Crippen molar-refractivity contribution in [3.8, 4) is 0 Å². The van der Waals surface area contributed by atoms with E-state index in [9.17, 15) is 0 Å². The van der Waals surface area contributed by atoms with Gasteiger partial charge in [0.15, 0.2) is 0 Å². The molecule has 0 radical (unpaired) electrons. The Hall–Kier alpha value is -0.795. The zero-order chi connectivity index (χ0) is 18.0. The fourth-order valence-electron chi connectivity index (χ4n) is 3.00. The molecule has 2 nitrogen and oxygen atoms in total. The van der Waals surface area contributed by atoms with E-state index in [0.29, 0.717) is 0 Å². The van der Waals surface area contributed by atoms with E-state index in [1.165, 1.54) is 64.2 Å². The highest BCUT2D eigenvalue weighted by molar-refractivity contribution is 6.61. The zero-order valence-electron chi connectivity index (χ0n) is 16.7. The van der Waals surface area contributed by atoms with Crippen molar-refractivity contribution in [1.82, 2.24) is 0 Å². The highest BCUT2D eigenvalue weighted by Gasteiger charge is 2.20. The molecule has 142 valence electrons. The summed E-state index contributed by atoms with van der Waals surface area (Å²) < 4.78 is 12.1. The smallest absolute Gasteiger partial charge is 0.407 e. The van der Waals surface area contributed by atoms with Crippen molar-refractivity contribution in [2.45, 2.75) is 90.9 Å². The average molecular weight is 346 g/mol. The molecule has 3 heteroatoms. The van der Waals surface area contributed by atoms with Gasteiger partial charge in [0.05, 0.1) is 0 Å². The van der Waals surface area contributed by atoms with Crippen LogP contribution in [0.4, 0.5) is 0 Å². The average Bonchev–Trinajstić information content (AvgIpc) is 2.65. The molecule has 0 aromatic heterocycles. The molecular weight excluding hydrogens is 307 g/mol. The number of hydrogen-bond acceptors (Lipinski definition) is 2. The van der Waals surface area contributed by atoms with Gasteiger partial charge in [-0.05, 0) is 18.3 Å². The third kappa shape index (κ3) is 12.2. The molecular formula is C22H39BO2. The van der Waals surface area contributed by atoms with E-state index in [4.69, 9.17) is 9.31 Å². The lowest BCUT2D eigenvalue weighted by molar-refractivity contribution is 0.199. The van der Waals surface area contributed by atoms with Crippen molar-refractivity contribution >= 4 is 12.6 Å². The van der Waals surface area contributed by atoms with E-state index in [-0.39, 0.29) is 7.12 Å². The molecule has 0 bridgehead atoms. The molecule has 0 aliphatic rings. The molecule has 0 saturated carbocycles. The minimum Gasteiger partial charge on any atom is -0.407 e. The summed E-state index contributed by atoms with van der Waals surface area (Å²) in [7, 11) is -0.201. The Labute approximate surface area is 156 Å². The Balaban J connectivity index is 2.21. The van der Waals surface area contributed by atoms with Crippen LogP contribution in [0, 0.1) is 0 Å². The summed E-state index contributed by atoms with van der Waals surface area (Å²) >= 11 is 0. The van der Waals surface area contributed by atoms with Crippen LogP contribution in [-0.2, 0) is 9.31 Å². The highest BCUT2D eigenvalue weighted by atomic mass is 16.6. The molecule has 0 spiro atoms. The maximum absolute atomic E-state index is 6.06.